The van der Waals surface area contributed by atoms with Gasteiger partial charge in [-0.05, 0) is 80.2 Å². The first kappa shape index (κ1) is 19.8. The fourth-order valence-electron chi connectivity index (χ4n) is 3.10. The zero-order valence-electron chi connectivity index (χ0n) is 15.2. The molecule has 3 N–H and O–H groups in total. The quantitative estimate of drug-likeness (QED) is 0.730. The van der Waals surface area contributed by atoms with Gasteiger partial charge in [-0.1, -0.05) is 0 Å². The van der Waals surface area contributed by atoms with Crippen LogP contribution >= 0.6 is 0 Å². The Morgan fingerprint density at radius 1 is 1.29 bits per heavy atom. The van der Waals surface area contributed by atoms with Crippen molar-refractivity contribution in [2.24, 2.45) is 10.7 Å². The van der Waals surface area contributed by atoms with Gasteiger partial charge in [0, 0.05) is 16.8 Å². The highest BCUT2D eigenvalue weighted by Crippen LogP contribution is 2.32. The number of aliphatic imine (C=N–C) groups is 1. The molecule has 1 aromatic carbocycles. The average Bonchev–Trinajstić information content (AvgIpc) is 3.27. The zero-order valence-corrected chi connectivity index (χ0v) is 15.2. The highest BCUT2D eigenvalue weighted by atomic mass is 19.2. The van der Waals surface area contributed by atoms with Gasteiger partial charge in [0.05, 0.1) is 11.4 Å². The van der Waals surface area contributed by atoms with Gasteiger partial charge in [-0.15, -0.1) is 0 Å². The predicted molar refractivity (Wildman–Crippen MR) is 107 cm³/mol. The summed E-state index contributed by atoms with van der Waals surface area (Å²) >= 11 is 0. The molecule has 0 atom stereocenters. The van der Waals surface area contributed by atoms with E-state index in [4.69, 9.17) is 5.73 Å². The van der Waals surface area contributed by atoms with Gasteiger partial charge in [0.25, 0.3) is 0 Å². The summed E-state index contributed by atoms with van der Waals surface area (Å²) in [7, 11) is -2.66. The molecule has 1 aliphatic rings. The number of halogens is 3. The second-order valence-corrected chi connectivity index (χ2v) is 6.34. The Balaban J connectivity index is 2.00. The number of hydrogen-bond acceptors (Lipinski definition) is 3. The van der Waals surface area contributed by atoms with Crippen molar-refractivity contribution in [3.8, 4) is 5.75 Å². The third kappa shape index (κ3) is 4.12. The van der Waals surface area contributed by atoms with Crippen LogP contribution < -0.4 is 5.73 Å². The van der Waals surface area contributed by atoms with Crippen molar-refractivity contribution in [2.75, 3.05) is 6.54 Å². The van der Waals surface area contributed by atoms with Crippen molar-refractivity contribution in [1.29, 1.82) is 0 Å². The van der Waals surface area contributed by atoms with Crippen LogP contribution in [0, 0.1) is 5.82 Å². The smallest absolute Gasteiger partial charge is 0.507 e. The van der Waals surface area contributed by atoms with Crippen LogP contribution in [0.25, 0.3) is 11.6 Å². The Bertz CT molecular complexity index is 1010. The summed E-state index contributed by atoms with van der Waals surface area (Å²) < 4.78 is 40.8. The molecule has 8 heteroatoms. The van der Waals surface area contributed by atoms with Gasteiger partial charge in [0.1, 0.15) is 11.6 Å². The average molecular weight is 385 g/mol. The number of nitrogens with two attached hydrogens (primary N) is 1. The number of nitrogens with zero attached hydrogens (tertiary/aromatic N) is 2. The van der Waals surface area contributed by atoms with Gasteiger partial charge in [0.15, 0.2) is 0 Å². The Labute approximate surface area is 161 Å². The maximum absolute atomic E-state index is 13.4. The lowest BCUT2D eigenvalue weighted by Crippen LogP contribution is -2.16. The lowest BCUT2D eigenvalue weighted by molar-refractivity contribution is 0.471. The van der Waals surface area contributed by atoms with Gasteiger partial charge in [-0.2, -0.15) is 0 Å². The molecule has 0 unspecified atom stereocenters. The number of allylic oxidation sites excluding steroid dienone is 3. The number of aromatic nitrogens is 1. The van der Waals surface area contributed by atoms with Crippen molar-refractivity contribution < 1.29 is 18.1 Å². The van der Waals surface area contributed by atoms with Crippen LogP contribution in [0.3, 0.4) is 0 Å². The third-order valence-electron chi connectivity index (χ3n) is 4.38. The van der Waals surface area contributed by atoms with E-state index in [0.29, 0.717) is 41.2 Å². The van der Waals surface area contributed by atoms with E-state index in [1.807, 2.05) is 6.92 Å². The highest BCUT2D eigenvalue weighted by Gasteiger charge is 2.24. The van der Waals surface area contributed by atoms with Crippen molar-refractivity contribution in [3.05, 3.63) is 77.0 Å². The van der Waals surface area contributed by atoms with E-state index in [0.717, 1.165) is 10.1 Å². The van der Waals surface area contributed by atoms with Gasteiger partial charge in [-0.25, -0.2) is 9.38 Å². The minimum absolute atomic E-state index is 0.0497. The SMILES string of the molecule is CC1=CC(/C=C/c2cc(F)ccc2O)=NC/1=C(/CCN)c1cccn1B(F)F. The van der Waals surface area contributed by atoms with Crippen LogP contribution in [-0.2, 0) is 0 Å². The van der Waals surface area contributed by atoms with Gasteiger partial charge >= 0.3 is 7.40 Å². The van der Waals surface area contributed by atoms with Crippen molar-refractivity contribution >= 4 is 24.8 Å². The lowest BCUT2D eigenvalue weighted by atomic mass is 10.0. The summed E-state index contributed by atoms with van der Waals surface area (Å²) in [6.07, 6.45) is 6.70. The van der Waals surface area contributed by atoms with Crippen LogP contribution in [-0.4, -0.2) is 29.2 Å². The van der Waals surface area contributed by atoms with Gasteiger partial charge in [-0.3, -0.25) is 8.63 Å². The maximum Gasteiger partial charge on any atom is 0.677 e. The summed E-state index contributed by atoms with van der Waals surface area (Å²) in [6, 6.07) is 6.83. The Kier molecular flexibility index (Phi) is 5.89. The van der Waals surface area contributed by atoms with Crippen molar-refractivity contribution in [1.82, 2.24) is 4.48 Å². The second-order valence-electron chi connectivity index (χ2n) is 6.34. The van der Waals surface area contributed by atoms with Crippen molar-refractivity contribution in [3.63, 3.8) is 0 Å². The van der Waals surface area contributed by atoms with Crippen molar-refractivity contribution in [2.45, 2.75) is 13.3 Å². The van der Waals surface area contributed by atoms with Gasteiger partial charge < -0.3 is 15.3 Å². The molecule has 0 aliphatic carbocycles. The number of phenolic OH excluding ortho intramolecular Hbond substituents is 1. The molecule has 2 heterocycles. The Morgan fingerprint density at radius 2 is 2.07 bits per heavy atom. The maximum atomic E-state index is 13.4. The van der Waals surface area contributed by atoms with Crippen LogP contribution in [0.5, 0.6) is 5.75 Å². The molecule has 0 radical (unpaired) electrons. The molecular formula is C20H19BF3N3O. The van der Waals surface area contributed by atoms with E-state index < -0.39 is 13.2 Å². The van der Waals surface area contributed by atoms with E-state index >= 15 is 0 Å². The molecule has 0 amide bonds. The van der Waals surface area contributed by atoms with Crippen LogP contribution in [0.15, 0.2) is 64.9 Å². The Hall–Kier alpha value is -3.00. The van der Waals surface area contributed by atoms with E-state index in [1.54, 1.807) is 30.4 Å². The zero-order chi connectivity index (χ0) is 20.3. The number of hydrogen-bond donors (Lipinski definition) is 2. The molecule has 0 bridgehead atoms. The topological polar surface area (TPSA) is 63.5 Å². The fraction of sp³-hybridized carbons (Fsp3) is 0.150. The fourth-order valence-corrected chi connectivity index (χ4v) is 3.10. The minimum Gasteiger partial charge on any atom is -0.507 e. The molecule has 0 saturated heterocycles. The number of benzene rings is 1. The predicted octanol–water partition coefficient (Wildman–Crippen LogP) is 4.28. The number of rotatable bonds is 6. The van der Waals surface area contributed by atoms with Gasteiger partial charge in [0.2, 0.25) is 0 Å². The van der Waals surface area contributed by atoms with Crippen LogP contribution in [0.1, 0.15) is 24.6 Å². The first-order valence-electron chi connectivity index (χ1n) is 8.73. The largest absolute Gasteiger partial charge is 0.677 e. The normalized spacial score (nSPS) is 15.8. The molecule has 144 valence electrons. The lowest BCUT2D eigenvalue weighted by Gasteiger charge is -2.12. The number of aromatic hydroxyl groups is 1. The molecule has 3 rings (SSSR count). The molecule has 0 fully saturated rings. The summed E-state index contributed by atoms with van der Waals surface area (Å²) in [5.41, 5.74) is 9.01. The van der Waals surface area contributed by atoms with E-state index in [9.17, 15) is 18.1 Å². The summed E-state index contributed by atoms with van der Waals surface area (Å²) in [5, 5.41) is 9.81. The minimum atomic E-state index is -2.66. The summed E-state index contributed by atoms with van der Waals surface area (Å²) in [6.45, 7) is 2.13. The standard InChI is InChI=1S/C20H19BF3N3O/c1-13-11-16(6-4-14-12-15(22)5-7-19(14)28)26-20(13)17(8-9-25)18-3-2-10-27(18)21(23)24/h2-7,10-12,28H,8-9,25H2,1H3/b6-4+,20-17-. The van der Waals surface area contributed by atoms with Crippen LogP contribution in [0.2, 0.25) is 0 Å². The molecule has 4 nitrogen and oxygen atoms in total. The van der Waals surface area contributed by atoms with E-state index in [2.05, 4.69) is 4.99 Å². The van der Waals surface area contributed by atoms with E-state index in [1.165, 1.54) is 24.4 Å². The van der Waals surface area contributed by atoms with Crippen LogP contribution in [0.4, 0.5) is 13.0 Å². The molecule has 1 aromatic heterocycles. The number of phenols is 1. The Morgan fingerprint density at radius 3 is 2.79 bits per heavy atom. The second kappa shape index (κ2) is 8.35. The monoisotopic (exact) mass is 385 g/mol. The van der Waals surface area contributed by atoms with E-state index in [-0.39, 0.29) is 5.75 Å². The molecule has 2 aromatic rings. The summed E-state index contributed by atoms with van der Waals surface area (Å²) in [4.78, 5) is 4.54. The third-order valence-corrected chi connectivity index (χ3v) is 4.38. The molecular weight excluding hydrogens is 366 g/mol. The molecule has 28 heavy (non-hydrogen) atoms. The highest BCUT2D eigenvalue weighted by molar-refractivity contribution is 6.41. The first-order chi connectivity index (χ1) is 13.4. The first-order valence-corrected chi connectivity index (χ1v) is 8.73. The molecule has 1 aliphatic heterocycles. The molecule has 0 spiro atoms. The molecule has 0 saturated carbocycles. The summed E-state index contributed by atoms with van der Waals surface area (Å²) in [5.74, 6) is -0.512.